The van der Waals surface area contributed by atoms with Crippen LogP contribution in [-0.2, 0) is 0 Å². The van der Waals surface area contributed by atoms with Gasteiger partial charge in [0.2, 0.25) is 0 Å². The second kappa shape index (κ2) is 5.95. The maximum atomic E-state index is 13.2. The Hall–Kier alpha value is -0.710. The van der Waals surface area contributed by atoms with Crippen molar-refractivity contribution in [2.24, 2.45) is 5.73 Å². The van der Waals surface area contributed by atoms with Gasteiger partial charge in [0.25, 0.3) is 0 Å². The van der Waals surface area contributed by atoms with Crippen LogP contribution in [0.5, 0.6) is 0 Å². The highest BCUT2D eigenvalue weighted by Crippen LogP contribution is 2.33. The van der Waals surface area contributed by atoms with Crippen LogP contribution in [-0.4, -0.2) is 0 Å². The third kappa shape index (κ3) is 2.99. The molecule has 0 saturated carbocycles. The lowest BCUT2D eigenvalue weighted by atomic mass is 10.1. The summed E-state index contributed by atoms with van der Waals surface area (Å²) in [4.78, 5) is 2.31. The topological polar surface area (TPSA) is 26.0 Å². The molecule has 0 bridgehead atoms. The second-order valence-corrected chi connectivity index (χ2v) is 6.20. The number of nitrogens with two attached hydrogens (primary N) is 1. The first-order chi connectivity index (χ1) is 8.61. The molecule has 0 aliphatic rings. The summed E-state index contributed by atoms with van der Waals surface area (Å²) in [6.45, 7) is 2.13. The molecule has 1 aromatic heterocycles. The predicted molar refractivity (Wildman–Crippen MR) is 79.2 cm³/mol. The SMILES string of the molecule is CCCC(N)c1ccc(-c2ccc(F)c(Br)c2)s1. The van der Waals surface area contributed by atoms with E-state index in [1.54, 1.807) is 23.5 Å². The standard InChI is InChI=1S/C14H15BrFNS/c1-2-3-12(17)14-7-6-13(18-14)9-4-5-11(16)10(15)8-9/h4-8,12H,2-3,17H2,1H3. The third-order valence-corrected chi connectivity index (χ3v) is 4.67. The first-order valence-electron chi connectivity index (χ1n) is 5.92. The lowest BCUT2D eigenvalue weighted by Crippen LogP contribution is -2.07. The van der Waals surface area contributed by atoms with Gasteiger partial charge in [0, 0.05) is 15.8 Å². The van der Waals surface area contributed by atoms with Gasteiger partial charge in [-0.1, -0.05) is 19.4 Å². The molecule has 1 heterocycles. The van der Waals surface area contributed by atoms with Gasteiger partial charge in [0.15, 0.2) is 0 Å². The largest absolute Gasteiger partial charge is 0.323 e. The Morgan fingerprint density at radius 2 is 2.11 bits per heavy atom. The van der Waals surface area contributed by atoms with Crippen molar-refractivity contribution in [2.75, 3.05) is 0 Å². The Morgan fingerprint density at radius 3 is 2.78 bits per heavy atom. The zero-order chi connectivity index (χ0) is 13.1. The van der Waals surface area contributed by atoms with E-state index in [4.69, 9.17) is 5.73 Å². The molecule has 1 nitrogen and oxygen atoms in total. The summed E-state index contributed by atoms with van der Waals surface area (Å²) < 4.78 is 13.7. The van der Waals surface area contributed by atoms with Crippen molar-refractivity contribution in [1.82, 2.24) is 0 Å². The van der Waals surface area contributed by atoms with E-state index in [2.05, 4.69) is 35.0 Å². The fourth-order valence-corrected chi connectivity index (χ4v) is 3.23. The predicted octanol–water partition coefficient (Wildman–Crippen LogP) is 5.12. The monoisotopic (exact) mass is 327 g/mol. The van der Waals surface area contributed by atoms with E-state index in [0.29, 0.717) is 4.47 Å². The Labute approximate surface area is 119 Å². The molecular formula is C14H15BrFNS. The first-order valence-corrected chi connectivity index (χ1v) is 7.53. The lowest BCUT2D eigenvalue weighted by molar-refractivity contribution is 0.621. The van der Waals surface area contributed by atoms with Crippen molar-refractivity contribution in [3.05, 3.63) is 45.5 Å². The van der Waals surface area contributed by atoms with Crippen LogP contribution in [0.25, 0.3) is 10.4 Å². The van der Waals surface area contributed by atoms with Gasteiger partial charge in [0.1, 0.15) is 5.82 Å². The minimum atomic E-state index is -0.238. The van der Waals surface area contributed by atoms with Crippen LogP contribution < -0.4 is 5.73 Å². The summed E-state index contributed by atoms with van der Waals surface area (Å²) in [6.07, 6.45) is 2.07. The number of rotatable bonds is 4. The quantitative estimate of drug-likeness (QED) is 0.828. The van der Waals surface area contributed by atoms with Gasteiger partial charge in [-0.25, -0.2) is 4.39 Å². The first kappa shape index (κ1) is 13.7. The number of benzene rings is 1. The van der Waals surface area contributed by atoms with Crippen molar-refractivity contribution in [3.8, 4) is 10.4 Å². The number of hydrogen-bond donors (Lipinski definition) is 1. The van der Waals surface area contributed by atoms with Crippen molar-refractivity contribution in [2.45, 2.75) is 25.8 Å². The zero-order valence-electron chi connectivity index (χ0n) is 10.1. The molecule has 0 aliphatic carbocycles. The van der Waals surface area contributed by atoms with E-state index >= 15 is 0 Å². The van der Waals surface area contributed by atoms with Gasteiger partial charge >= 0.3 is 0 Å². The highest BCUT2D eigenvalue weighted by molar-refractivity contribution is 9.10. The third-order valence-electron chi connectivity index (χ3n) is 2.80. The molecule has 0 radical (unpaired) electrons. The van der Waals surface area contributed by atoms with E-state index in [1.165, 1.54) is 10.9 Å². The Balaban J connectivity index is 2.26. The van der Waals surface area contributed by atoms with Crippen LogP contribution in [0.3, 0.4) is 0 Å². The van der Waals surface area contributed by atoms with E-state index in [-0.39, 0.29) is 11.9 Å². The summed E-state index contributed by atoms with van der Waals surface area (Å²) in [5.41, 5.74) is 7.11. The molecule has 0 aliphatic heterocycles. The van der Waals surface area contributed by atoms with Crippen LogP contribution in [0.15, 0.2) is 34.8 Å². The van der Waals surface area contributed by atoms with Crippen LogP contribution in [0, 0.1) is 5.82 Å². The maximum absolute atomic E-state index is 13.2. The summed E-state index contributed by atoms with van der Waals surface area (Å²) in [7, 11) is 0. The molecule has 0 amide bonds. The Bertz CT molecular complexity index is 538. The molecule has 1 atom stereocenters. The van der Waals surface area contributed by atoms with E-state index < -0.39 is 0 Å². The molecular weight excluding hydrogens is 313 g/mol. The zero-order valence-corrected chi connectivity index (χ0v) is 12.5. The smallest absolute Gasteiger partial charge is 0.137 e. The molecule has 0 saturated heterocycles. The normalized spacial score (nSPS) is 12.7. The van der Waals surface area contributed by atoms with Gasteiger partial charge in [-0.3, -0.25) is 0 Å². The lowest BCUT2D eigenvalue weighted by Gasteiger charge is -2.06. The average molecular weight is 328 g/mol. The summed E-state index contributed by atoms with van der Waals surface area (Å²) in [6, 6.07) is 9.30. The van der Waals surface area contributed by atoms with Gasteiger partial charge < -0.3 is 5.73 Å². The second-order valence-electron chi connectivity index (χ2n) is 4.23. The van der Waals surface area contributed by atoms with E-state index in [0.717, 1.165) is 23.3 Å². The molecule has 1 unspecified atom stereocenters. The van der Waals surface area contributed by atoms with Crippen LogP contribution >= 0.6 is 27.3 Å². The average Bonchev–Trinajstić information content (AvgIpc) is 2.82. The number of thiophene rings is 1. The minimum absolute atomic E-state index is 0.109. The molecule has 0 spiro atoms. The number of hydrogen-bond acceptors (Lipinski definition) is 2. The molecule has 4 heteroatoms. The minimum Gasteiger partial charge on any atom is -0.323 e. The fourth-order valence-electron chi connectivity index (χ4n) is 1.81. The molecule has 18 heavy (non-hydrogen) atoms. The van der Waals surface area contributed by atoms with Crippen molar-refractivity contribution < 1.29 is 4.39 Å². The molecule has 96 valence electrons. The van der Waals surface area contributed by atoms with Crippen LogP contribution in [0.2, 0.25) is 0 Å². The molecule has 2 N–H and O–H groups in total. The molecule has 2 aromatic rings. The summed E-state index contributed by atoms with van der Waals surface area (Å²) in [5.74, 6) is -0.238. The van der Waals surface area contributed by atoms with Gasteiger partial charge in [-0.05, 0) is 52.2 Å². The summed E-state index contributed by atoms with van der Waals surface area (Å²) >= 11 is 4.89. The maximum Gasteiger partial charge on any atom is 0.137 e. The van der Waals surface area contributed by atoms with E-state index in [1.807, 2.05) is 0 Å². The molecule has 1 aromatic carbocycles. The van der Waals surface area contributed by atoms with Crippen molar-refractivity contribution >= 4 is 27.3 Å². The highest BCUT2D eigenvalue weighted by Gasteiger charge is 2.10. The van der Waals surface area contributed by atoms with Crippen LogP contribution in [0.1, 0.15) is 30.7 Å². The molecule has 0 fully saturated rings. The Morgan fingerprint density at radius 1 is 1.33 bits per heavy atom. The van der Waals surface area contributed by atoms with Gasteiger partial charge in [-0.15, -0.1) is 11.3 Å². The van der Waals surface area contributed by atoms with Gasteiger partial charge in [0.05, 0.1) is 4.47 Å². The highest BCUT2D eigenvalue weighted by atomic mass is 79.9. The van der Waals surface area contributed by atoms with Crippen LogP contribution in [0.4, 0.5) is 4.39 Å². The Kier molecular flexibility index (Phi) is 4.54. The van der Waals surface area contributed by atoms with Crippen molar-refractivity contribution in [1.29, 1.82) is 0 Å². The molecule has 2 rings (SSSR count). The van der Waals surface area contributed by atoms with Gasteiger partial charge in [-0.2, -0.15) is 0 Å². The van der Waals surface area contributed by atoms with E-state index in [9.17, 15) is 4.39 Å². The summed E-state index contributed by atoms with van der Waals surface area (Å²) in [5, 5.41) is 0. The number of halogens is 2. The fraction of sp³-hybridized carbons (Fsp3) is 0.286. The van der Waals surface area contributed by atoms with Crippen molar-refractivity contribution in [3.63, 3.8) is 0 Å².